The van der Waals surface area contributed by atoms with Gasteiger partial charge in [0.25, 0.3) is 0 Å². The Balaban J connectivity index is 1.98. The van der Waals surface area contributed by atoms with E-state index in [1.54, 1.807) is 6.07 Å². The molecule has 1 aromatic carbocycles. The summed E-state index contributed by atoms with van der Waals surface area (Å²) < 4.78 is 2.22. The molecule has 5 heteroatoms. The summed E-state index contributed by atoms with van der Waals surface area (Å²) in [5.74, 6) is 0. The van der Waals surface area contributed by atoms with Crippen LogP contribution in [0.25, 0.3) is 11.3 Å². The lowest BCUT2D eigenvalue weighted by Crippen LogP contribution is -2.23. The minimum atomic E-state index is 0.421. The van der Waals surface area contributed by atoms with Crippen LogP contribution in [0.3, 0.4) is 0 Å². The summed E-state index contributed by atoms with van der Waals surface area (Å²) in [4.78, 5) is 4.31. The van der Waals surface area contributed by atoms with Crippen LogP contribution in [0.2, 0.25) is 10.0 Å². The standard InChI is InChI=1S/C15H17Cl2N3/c16-11-4-5-14(17)13(7-11)15-9-19-10-20(15)12-3-1-2-6-18-8-12/h4-5,7,9-10,12,18H,1-3,6,8H2. The largest absolute Gasteiger partial charge is 0.326 e. The fourth-order valence-electron chi connectivity index (χ4n) is 2.74. The SMILES string of the molecule is Clc1ccc(Cl)c(-c2cncn2C2CCCCNC2)c1. The van der Waals surface area contributed by atoms with E-state index in [0.717, 1.165) is 30.8 Å². The maximum atomic E-state index is 6.32. The first kappa shape index (κ1) is 13.9. The van der Waals surface area contributed by atoms with Gasteiger partial charge in [-0.05, 0) is 37.6 Å². The number of hydrogen-bond donors (Lipinski definition) is 1. The van der Waals surface area contributed by atoms with E-state index in [4.69, 9.17) is 23.2 Å². The van der Waals surface area contributed by atoms with Crippen molar-refractivity contribution in [3.8, 4) is 11.3 Å². The first-order valence-electron chi connectivity index (χ1n) is 6.93. The van der Waals surface area contributed by atoms with Crippen molar-refractivity contribution >= 4 is 23.2 Å². The monoisotopic (exact) mass is 309 g/mol. The van der Waals surface area contributed by atoms with Crippen LogP contribution in [0, 0.1) is 0 Å². The van der Waals surface area contributed by atoms with Crippen LogP contribution in [-0.2, 0) is 0 Å². The second-order valence-electron chi connectivity index (χ2n) is 5.16. The Morgan fingerprint density at radius 3 is 3.05 bits per heavy atom. The molecule has 1 aromatic heterocycles. The average Bonchev–Trinajstić information content (AvgIpc) is 2.76. The molecular formula is C15H17Cl2N3. The highest BCUT2D eigenvalue weighted by Crippen LogP contribution is 2.32. The van der Waals surface area contributed by atoms with Gasteiger partial charge in [-0.1, -0.05) is 29.6 Å². The first-order valence-corrected chi connectivity index (χ1v) is 7.69. The Morgan fingerprint density at radius 2 is 2.15 bits per heavy atom. The van der Waals surface area contributed by atoms with Crippen molar-refractivity contribution in [3.05, 3.63) is 40.8 Å². The summed E-state index contributed by atoms with van der Waals surface area (Å²) in [6, 6.07) is 5.97. The molecule has 106 valence electrons. The van der Waals surface area contributed by atoms with E-state index in [1.165, 1.54) is 12.8 Å². The third-order valence-electron chi connectivity index (χ3n) is 3.78. The van der Waals surface area contributed by atoms with Crippen molar-refractivity contribution < 1.29 is 0 Å². The van der Waals surface area contributed by atoms with Gasteiger partial charge < -0.3 is 9.88 Å². The lowest BCUT2D eigenvalue weighted by molar-refractivity contribution is 0.464. The van der Waals surface area contributed by atoms with Crippen LogP contribution >= 0.6 is 23.2 Å². The molecule has 1 fully saturated rings. The number of nitrogens with one attached hydrogen (secondary N) is 1. The first-order chi connectivity index (χ1) is 9.75. The lowest BCUT2D eigenvalue weighted by atomic mass is 10.1. The highest BCUT2D eigenvalue weighted by atomic mass is 35.5. The van der Waals surface area contributed by atoms with E-state index >= 15 is 0 Å². The predicted molar refractivity (Wildman–Crippen MR) is 83.4 cm³/mol. The molecule has 2 heterocycles. The van der Waals surface area contributed by atoms with Crippen LogP contribution in [0.4, 0.5) is 0 Å². The van der Waals surface area contributed by atoms with Gasteiger partial charge in [0.1, 0.15) is 0 Å². The quantitative estimate of drug-likeness (QED) is 0.902. The lowest BCUT2D eigenvalue weighted by Gasteiger charge is -2.19. The van der Waals surface area contributed by atoms with Gasteiger partial charge in [0.15, 0.2) is 0 Å². The number of imidazole rings is 1. The fourth-order valence-corrected chi connectivity index (χ4v) is 3.12. The normalized spacial score (nSPS) is 19.8. The second kappa shape index (κ2) is 6.17. The molecule has 1 unspecified atom stereocenters. The number of hydrogen-bond acceptors (Lipinski definition) is 2. The van der Waals surface area contributed by atoms with Crippen molar-refractivity contribution in [2.24, 2.45) is 0 Å². The fraction of sp³-hybridized carbons (Fsp3) is 0.400. The zero-order chi connectivity index (χ0) is 13.9. The number of rotatable bonds is 2. The minimum Gasteiger partial charge on any atom is -0.326 e. The molecule has 0 saturated carbocycles. The summed E-state index contributed by atoms with van der Waals surface area (Å²) >= 11 is 12.4. The summed E-state index contributed by atoms with van der Waals surface area (Å²) in [6.45, 7) is 2.07. The molecule has 0 bridgehead atoms. The average molecular weight is 310 g/mol. The van der Waals surface area contributed by atoms with E-state index in [-0.39, 0.29) is 0 Å². The van der Waals surface area contributed by atoms with E-state index in [9.17, 15) is 0 Å². The second-order valence-corrected chi connectivity index (χ2v) is 6.01. The van der Waals surface area contributed by atoms with Crippen molar-refractivity contribution in [1.82, 2.24) is 14.9 Å². The molecule has 2 aromatic rings. The summed E-state index contributed by atoms with van der Waals surface area (Å²) in [5, 5.41) is 4.88. The number of halogens is 2. The van der Waals surface area contributed by atoms with Crippen LogP contribution in [0.15, 0.2) is 30.7 Å². The van der Waals surface area contributed by atoms with Crippen LogP contribution in [0.1, 0.15) is 25.3 Å². The van der Waals surface area contributed by atoms with Crippen molar-refractivity contribution in [1.29, 1.82) is 0 Å². The van der Waals surface area contributed by atoms with Gasteiger partial charge in [-0.3, -0.25) is 0 Å². The maximum absolute atomic E-state index is 6.32. The number of aromatic nitrogens is 2. The van der Waals surface area contributed by atoms with Gasteiger partial charge >= 0.3 is 0 Å². The van der Waals surface area contributed by atoms with Gasteiger partial charge in [0, 0.05) is 23.2 Å². The smallest absolute Gasteiger partial charge is 0.0954 e. The van der Waals surface area contributed by atoms with Crippen LogP contribution < -0.4 is 5.32 Å². The van der Waals surface area contributed by atoms with E-state index in [0.29, 0.717) is 16.1 Å². The third-order valence-corrected chi connectivity index (χ3v) is 4.35. The van der Waals surface area contributed by atoms with Gasteiger partial charge in [0.05, 0.1) is 23.2 Å². The zero-order valence-electron chi connectivity index (χ0n) is 11.1. The molecule has 0 radical (unpaired) electrons. The topological polar surface area (TPSA) is 29.9 Å². The molecule has 1 atom stereocenters. The van der Waals surface area contributed by atoms with Gasteiger partial charge in [-0.25, -0.2) is 4.98 Å². The van der Waals surface area contributed by atoms with Crippen molar-refractivity contribution in [3.63, 3.8) is 0 Å². The minimum absolute atomic E-state index is 0.421. The molecular weight excluding hydrogens is 293 g/mol. The molecule has 1 N–H and O–H groups in total. The summed E-state index contributed by atoms with van der Waals surface area (Å²) in [7, 11) is 0. The number of benzene rings is 1. The van der Waals surface area contributed by atoms with E-state index in [2.05, 4.69) is 14.9 Å². The Kier molecular flexibility index (Phi) is 4.29. The Labute approximate surface area is 128 Å². The predicted octanol–water partition coefficient (Wildman–Crippen LogP) is 4.17. The number of nitrogens with zero attached hydrogens (tertiary/aromatic N) is 2. The molecule has 1 saturated heterocycles. The molecule has 0 amide bonds. The zero-order valence-corrected chi connectivity index (χ0v) is 12.7. The maximum Gasteiger partial charge on any atom is 0.0954 e. The highest BCUT2D eigenvalue weighted by Gasteiger charge is 2.18. The summed E-state index contributed by atoms with van der Waals surface area (Å²) in [6.07, 6.45) is 7.39. The van der Waals surface area contributed by atoms with Crippen molar-refractivity contribution in [2.75, 3.05) is 13.1 Å². The molecule has 0 aliphatic carbocycles. The molecule has 1 aliphatic rings. The molecule has 1 aliphatic heterocycles. The molecule has 3 rings (SSSR count). The molecule has 3 nitrogen and oxygen atoms in total. The third kappa shape index (κ3) is 2.85. The highest BCUT2D eigenvalue weighted by molar-refractivity contribution is 6.35. The van der Waals surface area contributed by atoms with Crippen molar-refractivity contribution in [2.45, 2.75) is 25.3 Å². The van der Waals surface area contributed by atoms with Gasteiger partial charge in [0.2, 0.25) is 0 Å². The summed E-state index contributed by atoms with van der Waals surface area (Å²) in [5.41, 5.74) is 1.98. The van der Waals surface area contributed by atoms with Gasteiger partial charge in [-0.2, -0.15) is 0 Å². The molecule has 0 spiro atoms. The Bertz CT molecular complexity index is 587. The van der Waals surface area contributed by atoms with Crippen LogP contribution in [-0.4, -0.2) is 22.6 Å². The Morgan fingerprint density at radius 1 is 1.25 bits per heavy atom. The Hall–Kier alpha value is -1.03. The van der Waals surface area contributed by atoms with Crippen LogP contribution in [0.5, 0.6) is 0 Å². The molecule has 20 heavy (non-hydrogen) atoms. The van der Waals surface area contributed by atoms with E-state index < -0.39 is 0 Å². The van der Waals surface area contributed by atoms with E-state index in [1.807, 2.05) is 24.7 Å². The van der Waals surface area contributed by atoms with Gasteiger partial charge in [-0.15, -0.1) is 0 Å².